The highest BCUT2D eigenvalue weighted by Crippen LogP contribution is 2.28. The number of rotatable bonds is 4. The van der Waals surface area contributed by atoms with Crippen molar-refractivity contribution in [2.24, 2.45) is 0 Å². The quantitative estimate of drug-likeness (QED) is 0.832. The first-order chi connectivity index (χ1) is 8.36. The topological polar surface area (TPSA) is 43.7 Å². The van der Waals surface area contributed by atoms with E-state index in [-0.39, 0.29) is 25.3 Å². The molecule has 1 aliphatic heterocycles. The van der Waals surface area contributed by atoms with Gasteiger partial charge in [0.25, 0.3) is 0 Å². The second kappa shape index (κ2) is 6.15. The highest BCUT2D eigenvalue weighted by atomic mass is 16.3. The SMILES string of the molecule is OC[C@@H]1CCCCN1[C@@H](CO)c1ccccc1. The van der Waals surface area contributed by atoms with Crippen LogP contribution in [0.1, 0.15) is 30.9 Å². The van der Waals surface area contributed by atoms with Crippen LogP contribution < -0.4 is 0 Å². The van der Waals surface area contributed by atoms with Gasteiger partial charge >= 0.3 is 0 Å². The third kappa shape index (κ3) is 2.86. The zero-order valence-corrected chi connectivity index (χ0v) is 10.1. The van der Waals surface area contributed by atoms with Crippen molar-refractivity contribution in [3.63, 3.8) is 0 Å². The van der Waals surface area contributed by atoms with Gasteiger partial charge in [0, 0.05) is 6.04 Å². The van der Waals surface area contributed by atoms with Gasteiger partial charge in [-0.3, -0.25) is 4.90 Å². The summed E-state index contributed by atoms with van der Waals surface area (Å²) in [7, 11) is 0. The standard InChI is InChI=1S/C14H21NO2/c16-10-13-8-4-5-9-15(13)14(11-17)12-6-2-1-3-7-12/h1-3,6-7,13-14,16-17H,4-5,8-11H2/t13-,14-/m0/s1. The molecule has 17 heavy (non-hydrogen) atoms. The van der Waals surface area contributed by atoms with Crippen molar-refractivity contribution >= 4 is 0 Å². The fourth-order valence-electron chi connectivity index (χ4n) is 2.71. The number of piperidine rings is 1. The van der Waals surface area contributed by atoms with Crippen molar-refractivity contribution < 1.29 is 10.2 Å². The van der Waals surface area contributed by atoms with Crippen LogP contribution in [0.4, 0.5) is 0 Å². The smallest absolute Gasteiger partial charge is 0.0628 e. The number of aliphatic hydroxyl groups is 2. The van der Waals surface area contributed by atoms with Gasteiger partial charge in [-0.2, -0.15) is 0 Å². The summed E-state index contributed by atoms with van der Waals surface area (Å²) in [5.74, 6) is 0. The van der Waals surface area contributed by atoms with Gasteiger partial charge in [0.15, 0.2) is 0 Å². The van der Waals surface area contributed by atoms with E-state index in [1.165, 1.54) is 6.42 Å². The summed E-state index contributed by atoms with van der Waals surface area (Å²) in [6, 6.07) is 10.3. The number of hydrogen-bond acceptors (Lipinski definition) is 3. The van der Waals surface area contributed by atoms with Crippen molar-refractivity contribution in [1.82, 2.24) is 4.90 Å². The Morgan fingerprint density at radius 1 is 1.18 bits per heavy atom. The number of likely N-dealkylation sites (tertiary alicyclic amines) is 1. The van der Waals surface area contributed by atoms with Gasteiger partial charge < -0.3 is 10.2 Å². The number of benzene rings is 1. The van der Waals surface area contributed by atoms with Crippen LogP contribution in [0.15, 0.2) is 30.3 Å². The van der Waals surface area contributed by atoms with Crippen LogP contribution in [0.2, 0.25) is 0 Å². The molecule has 2 rings (SSSR count). The molecule has 3 nitrogen and oxygen atoms in total. The van der Waals surface area contributed by atoms with Crippen LogP contribution in [-0.4, -0.2) is 40.9 Å². The van der Waals surface area contributed by atoms with Crippen LogP contribution in [0.5, 0.6) is 0 Å². The zero-order chi connectivity index (χ0) is 12.1. The van der Waals surface area contributed by atoms with Gasteiger partial charge in [-0.25, -0.2) is 0 Å². The summed E-state index contributed by atoms with van der Waals surface area (Å²) < 4.78 is 0. The second-order valence-electron chi connectivity index (χ2n) is 4.68. The van der Waals surface area contributed by atoms with Crippen LogP contribution in [0, 0.1) is 0 Å². The molecule has 0 unspecified atom stereocenters. The molecule has 1 heterocycles. The van der Waals surface area contributed by atoms with Crippen LogP contribution in [0.3, 0.4) is 0 Å². The second-order valence-corrected chi connectivity index (χ2v) is 4.68. The van der Waals surface area contributed by atoms with Gasteiger partial charge in [-0.1, -0.05) is 36.8 Å². The highest BCUT2D eigenvalue weighted by Gasteiger charge is 2.28. The Morgan fingerprint density at radius 3 is 2.59 bits per heavy atom. The average molecular weight is 235 g/mol. The van der Waals surface area contributed by atoms with E-state index in [2.05, 4.69) is 4.90 Å². The molecule has 0 radical (unpaired) electrons. The van der Waals surface area contributed by atoms with Gasteiger partial charge in [-0.05, 0) is 24.9 Å². The molecule has 1 aliphatic rings. The average Bonchev–Trinajstić information content (AvgIpc) is 2.41. The summed E-state index contributed by atoms with van der Waals surface area (Å²) in [6.45, 7) is 1.26. The molecule has 94 valence electrons. The molecule has 2 atom stereocenters. The van der Waals surface area contributed by atoms with Crippen molar-refractivity contribution in [2.75, 3.05) is 19.8 Å². The lowest BCUT2D eigenvalue weighted by Gasteiger charge is -2.40. The maximum Gasteiger partial charge on any atom is 0.0628 e. The predicted octanol–water partition coefficient (Wildman–Crippen LogP) is 1.57. The Morgan fingerprint density at radius 2 is 1.94 bits per heavy atom. The van der Waals surface area contributed by atoms with E-state index in [0.717, 1.165) is 24.9 Å². The number of nitrogens with zero attached hydrogens (tertiary/aromatic N) is 1. The largest absolute Gasteiger partial charge is 0.395 e. The Hall–Kier alpha value is -0.900. The fraction of sp³-hybridized carbons (Fsp3) is 0.571. The molecule has 1 aromatic rings. The van der Waals surface area contributed by atoms with Gasteiger partial charge in [0.1, 0.15) is 0 Å². The number of hydrogen-bond donors (Lipinski definition) is 2. The van der Waals surface area contributed by atoms with Crippen LogP contribution in [0.25, 0.3) is 0 Å². The van der Waals surface area contributed by atoms with Gasteiger partial charge in [0.2, 0.25) is 0 Å². The van der Waals surface area contributed by atoms with Crippen molar-refractivity contribution in [3.8, 4) is 0 Å². The molecule has 0 aliphatic carbocycles. The minimum atomic E-state index is 0.0219. The fourth-order valence-corrected chi connectivity index (χ4v) is 2.71. The molecule has 3 heteroatoms. The molecule has 0 amide bonds. The Kier molecular flexibility index (Phi) is 4.54. The van der Waals surface area contributed by atoms with E-state index < -0.39 is 0 Å². The molecule has 0 saturated carbocycles. The highest BCUT2D eigenvalue weighted by molar-refractivity contribution is 5.19. The van der Waals surface area contributed by atoms with E-state index >= 15 is 0 Å². The van der Waals surface area contributed by atoms with Crippen molar-refractivity contribution in [2.45, 2.75) is 31.3 Å². The summed E-state index contributed by atoms with van der Waals surface area (Å²) in [4.78, 5) is 2.25. The lowest BCUT2D eigenvalue weighted by molar-refractivity contribution is 0.0277. The summed E-state index contributed by atoms with van der Waals surface area (Å²) in [5, 5.41) is 19.1. The van der Waals surface area contributed by atoms with Crippen LogP contribution >= 0.6 is 0 Å². The first-order valence-corrected chi connectivity index (χ1v) is 6.39. The summed E-state index contributed by atoms with van der Waals surface area (Å²) >= 11 is 0. The normalized spacial score (nSPS) is 23.5. The monoisotopic (exact) mass is 235 g/mol. The Labute approximate surface area is 103 Å². The van der Waals surface area contributed by atoms with E-state index in [4.69, 9.17) is 0 Å². The van der Waals surface area contributed by atoms with Gasteiger partial charge in [0.05, 0.1) is 19.3 Å². The maximum atomic E-state index is 9.62. The predicted molar refractivity (Wildman–Crippen MR) is 67.7 cm³/mol. The maximum absolute atomic E-state index is 9.62. The van der Waals surface area contributed by atoms with Crippen LogP contribution in [-0.2, 0) is 0 Å². The molecule has 0 aromatic heterocycles. The van der Waals surface area contributed by atoms with Gasteiger partial charge in [-0.15, -0.1) is 0 Å². The molecule has 0 spiro atoms. The third-order valence-corrected chi connectivity index (χ3v) is 3.64. The molecule has 2 N–H and O–H groups in total. The summed E-state index contributed by atoms with van der Waals surface area (Å²) in [5.41, 5.74) is 1.13. The van der Waals surface area contributed by atoms with E-state index in [9.17, 15) is 10.2 Å². The zero-order valence-electron chi connectivity index (χ0n) is 10.1. The molecule has 1 fully saturated rings. The first kappa shape index (κ1) is 12.6. The van der Waals surface area contributed by atoms with E-state index in [0.29, 0.717) is 0 Å². The van der Waals surface area contributed by atoms with Crippen molar-refractivity contribution in [3.05, 3.63) is 35.9 Å². The lowest BCUT2D eigenvalue weighted by atomic mass is 9.97. The summed E-state index contributed by atoms with van der Waals surface area (Å²) in [6.07, 6.45) is 3.36. The molecule has 1 saturated heterocycles. The lowest BCUT2D eigenvalue weighted by Crippen LogP contribution is -2.45. The molecule has 1 aromatic carbocycles. The first-order valence-electron chi connectivity index (χ1n) is 6.39. The van der Waals surface area contributed by atoms with E-state index in [1.807, 2.05) is 30.3 Å². The minimum Gasteiger partial charge on any atom is -0.395 e. The molecule has 0 bridgehead atoms. The number of aliphatic hydroxyl groups excluding tert-OH is 2. The Bertz CT molecular complexity index is 328. The van der Waals surface area contributed by atoms with E-state index in [1.54, 1.807) is 0 Å². The third-order valence-electron chi connectivity index (χ3n) is 3.64. The van der Waals surface area contributed by atoms with Crippen molar-refractivity contribution in [1.29, 1.82) is 0 Å². The Balaban J connectivity index is 2.16. The molecular weight excluding hydrogens is 214 g/mol. The molecular formula is C14H21NO2. The minimum absolute atomic E-state index is 0.0219.